The van der Waals surface area contributed by atoms with Gasteiger partial charge in [-0.25, -0.2) is 9.78 Å². The molecule has 0 fully saturated rings. The van der Waals surface area contributed by atoms with Gasteiger partial charge in [-0.3, -0.25) is 19.0 Å². The molecule has 3 aromatic rings. The largest absolute Gasteiger partial charge is 0.490 e. The first kappa shape index (κ1) is 23.2. The number of fused-ring (bicyclic) bond motifs is 2. The third-order valence-corrected chi connectivity index (χ3v) is 5.74. The predicted molar refractivity (Wildman–Crippen MR) is 124 cm³/mol. The van der Waals surface area contributed by atoms with E-state index in [1.807, 2.05) is 0 Å². The first-order chi connectivity index (χ1) is 16.3. The van der Waals surface area contributed by atoms with Crippen molar-refractivity contribution in [3.8, 4) is 5.75 Å². The zero-order chi connectivity index (χ0) is 24.4. The molecule has 1 aliphatic rings. The maximum Gasteiger partial charge on any atom is 0.343 e. The molecule has 0 N–H and O–H groups in total. The minimum atomic E-state index is -0.604. The molecule has 34 heavy (non-hydrogen) atoms. The zero-order valence-electron chi connectivity index (χ0n) is 19.3. The highest BCUT2D eigenvalue weighted by Crippen LogP contribution is 2.25. The Morgan fingerprint density at radius 2 is 1.88 bits per heavy atom. The summed E-state index contributed by atoms with van der Waals surface area (Å²) in [6, 6.07) is 8.24. The number of pyridine rings is 1. The topological polar surface area (TPSA) is 113 Å². The summed E-state index contributed by atoms with van der Waals surface area (Å²) in [5, 5.41) is 0.438. The molecule has 0 aliphatic carbocycles. The fourth-order valence-corrected chi connectivity index (χ4v) is 4.13. The van der Waals surface area contributed by atoms with E-state index in [0.29, 0.717) is 16.6 Å². The number of rotatable bonds is 5. The lowest BCUT2D eigenvalue weighted by Gasteiger charge is -2.20. The van der Waals surface area contributed by atoms with Gasteiger partial charge in [0.15, 0.2) is 0 Å². The molecule has 0 unspecified atom stereocenters. The predicted octanol–water partition coefficient (Wildman–Crippen LogP) is 1.22. The number of amides is 1. The maximum absolute atomic E-state index is 13.1. The van der Waals surface area contributed by atoms with Crippen LogP contribution >= 0.6 is 0 Å². The fraction of sp³-hybridized carbons (Fsp3) is 0.375. The van der Waals surface area contributed by atoms with Crippen LogP contribution < -0.4 is 15.9 Å². The Kier molecular flexibility index (Phi) is 6.49. The van der Waals surface area contributed by atoms with Gasteiger partial charge in [0.05, 0.1) is 30.4 Å². The lowest BCUT2D eigenvalue weighted by Crippen LogP contribution is -2.38. The number of hydrogen-bond donors (Lipinski definition) is 0. The van der Waals surface area contributed by atoms with Crippen LogP contribution in [0.5, 0.6) is 5.75 Å². The van der Waals surface area contributed by atoms with Crippen LogP contribution in [0.4, 0.5) is 0 Å². The van der Waals surface area contributed by atoms with Crippen LogP contribution in [0.3, 0.4) is 0 Å². The van der Waals surface area contributed by atoms with Gasteiger partial charge >= 0.3 is 5.97 Å². The van der Waals surface area contributed by atoms with E-state index in [0.717, 1.165) is 0 Å². The number of hydrogen-bond acceptors (Lipinski definition) is 7. The molecule has 1 amide bonds. The van der Waals surface area contributed by atoms with Gasteiger partial charge in [0.1, 0.15) is 17.9 Å². The number of ether oxygens (including phenoxy) is 2. The molecule has 0 saturated heterocycles. The second-order valence-electron chi connectivity index (χ2n) is 8.30. The third kappa shape index (κ3) is 4.43. The molecule has 2 aromatic heterocycles. The highest BCUT2D eigenvalue weighted by Gasteiger charge is 2.28. The zero-order valence-corrected chi connectivity index (χ0v) is 19.3. The number of methoxy groups -OCH3 is 1. The summed E-state index contributed by atoms with van der Waals surface area (Å²) in [6.45, 7) is 4.16. The molecule has 10 nitrogen and oxygen atoms in total. The van der Waals surface area contributed by atoms with Crippen molar-refractivity contribution in [3.63, 3.8) is 0 Å². The summed E-state index contributed by atoms with van der Waals surface area (Å²) >= 11 is 0. The van der Waals surface area contributed by atoms with E-state index >= 15 is 0 Å². The van der Waals surface area contributed by atoms with Crippen LogP contribution in [0.25, 0.3) is 10.9 Å². The van der Waals surface area contributed by atoms with Crippen LogP contribution in [0.15, 0.2) is 46.2 Å². The average molecular weight is 466 g/mol. The number of benzene rings is 1. The molecular weight excluding hydrogens is 440 g/mol. The summed E-state index contributed by atoms with van der Waals surface area (Å²) in [5.41, 5.74) is 0.615. The van der Waals surface area contributed by atoms with Gasteiger partial charge in [-0.05, 0) is 26.0 Å². The molecule has 0 saturated carbocycles. The van der Waals surface area contributed by atoms with Crippen molar-refractivity contribution in [2.45, 2.75) is 39.5 Å². The molecule has 10 heteroatoms. The van der Waals surface area contributed by atoms with Crippen molar-refractivity contribution in [2.24, 2.45) is 0 Å². The van der Waals surface area contributed by atoms with Crippen molar-refractivity contribution in [3.05, 3.63) is 68.6 Å². The number of carbonyl (C=O) groups is 2. The minimum Gasteiger partial charge on any atom is -0.490 e. The van der Waals surface area contributed by atoms with Crippen LogP contribution in [0.2, 0.25) is 0 Å². The molecule has 0 atom stereocenters. The smallest absolute Gasteiger partial charge is 0.343 e. The minimum absolute atomic E-state index is 0.173. The Morgan fingerprint density at radius 1 is 1.12 bits per heavy atom. The lowest BCUT2D eigenvalue weighted by atomic mass is 10.1. The Balaban J connectivity index is 1.61. The number of para-hydroxylation sites is 1. The summed E-state index contributed by atoms with van der Waals surface area (Å²) in [7, 11) is 1.27. The first-order valence-electron chi connectivity index (χ1n) is 11.0. The normalized spacial score (nSPS) is 13.5. The van der Waals surface area contributed by atoms with Crippen LogP contribution in [0, 0.1) is 0 Å². The summed E-state index contributed by atoms with van der Waals surface area (Å²) in [5.74, 6) is -0.710. The van der Waals surface area contributed by atoms with Crippen molar-refractivity contribution in [2.75, 3.05) is 20.2 Å². The molecule has 0 bridgehead atoms. The quantitative estimate of drug-likeness (QED) is 0.520. The van der Waals surface area contributed by atoms with Crippen LogP contribution in [0.1, 0.15) is 29.9 Å². The van der Waals surface area contributed by atoms with Gasteiger partial charge in [0.2, 0.25) is 5.91 Å². The number of nitrogens with zero attached hydrogens (tertiary/aromatic N) is 4. The molecule has 0 spiro atoms. The second kappa shape index (κ2) is 9.50. The van der Waals surface area contributed by atoms with Crippen LogP contribution in [-0.2, 0) is 29.0 Å². The Bertz CT molecular complexity index is 1370. The van der Waals surface area contributed by atoms with Gasteiger partial charge in [-0.15, -0.1) is 0 Å². The van der Waals surface area contributed by atoms with E-state index in [1.54, 1.807) is 43.0 Å². The lowest BCUT2D eigenvalue weighted by molar-refractivity contribution is -0.131. The Morgan fingerprint density at radius 3 is 2.62 bits per heavy atom. The fourth-order valence-electron chi connectivity index (χ4n) is 4.13. The highest BCUT2D eigenvalue weighted by atomic mass is 16.5. The molecule has 178 valence electrons. The number of aromatic nitrogens is 3. The molecule has 0 radical (unpaired) electrons. The SMILES string of the molecule is COC(=O)c1c(OC(C)C)cc(=O)n2c1CCN(C(=O)Cn1cnc3ccccc3c1=O)CC2. The van der Waals surface area contributed by atoms with Crippen molar-refractivity contribution in [1.82, 2.24) is 19.0 Å². The Labute approximate surface area is 195 Å². The van der Waals surface area contributed by atoms with Gasteiger partial charge in [0.25, 0.3) is 11.1 Å². The summed E-state index contributed by atoms with van der Waals surface area (Å²) in [6.07, 6.45) is 1.37. The number of esters is 1. The van der Waals surface area contributed by atoms with Crippen LogP contribution in [-0.4, -0.2) is 57.2 Å². The van der Waals surface area contributed by atoms with E-state index in [-0.39, 0.29) is 67.0 Å². The van der Waals surface area contributed by atoms with E-state index in [2.05, 4.69) is 4.98 Å². The van der Waals surface area contributed by atoms with Gasteiger partial charge in [0, 0.05) is 37.8 Å². The van der Waals surface area contributed by atoms with E-state index < -0.39 is 5.97 Å². The van der Waals surface area contributed by atoms with Crippen molar-refractivity contribution < 1.29 is 19.1 Å². The summed E-state index contributed by atoms with van der Waals surface area (Å²) < 4.78 is 13.4. The molecule has 1 aromatic carbocycles. The Hall–Kier alpha value is -3.95. The second-order valence-corrected chi connectivity index (χ2v) is 8.30. The number of carbonyl (C=O) groups excluding carboxylic acids is 2. The molecular formula is C24H26N4O6. The van der Waals surface area contributed by atoms with E-state index in [9.17, 15) is 19.2 Å². The standard InChI is InChI=1S/C24H26N4O6/c1-15(2)34-19-12-20(29)28-11-10-26(9-8-18(28)22(19)24(32)33-3)21(30)13-27-14-25-17-7-5-4-6-16(17)23(27)31/h4-7,12,14-15H,8-11,13H2,1-3H3. The third-order valence-electron chi connectivity index (χ3n) is 5.74. The van der Waals surface area contributed by atoms with Crippen molar-refractivity contribution in [1.29, 1.82) is 0 Å². The van der Waals surface area contributed by atoms with Gasteiger partial charge in [-0.2, -0.15) is 0 Å². The van der Waals surface area contributed by atoms with E-state index in [1.165, 1.54) is 28.6 Å². The van der Waals surface area contributed by atoms with Gasteiger partial charge in [-0.1, -0.05) is 12.1 Å². The maximum atomic E-state index is 13.1. The molecule has 3 heterocycles. The monoisotopic (exact) mass is 466 g/mol. The summed E-state index contributed by atoms with van der Waals surface area (Å²) in [4.78, 5) is 57.0. The first-order valence-corrected chi connectivity index (χ1v) is 11.0. The van der Waals surface area contributed by atoms with Crippen molar-refractivity contribution >= 4 is 22.8 Å². The van der Waals surface area contributed by atoms with Gasteiger partial charge < -0.3 is 18.9 Å². The average Bonchev–Trinajstić information content (AvgIpc) is 3.04. The molecule has 4 rings (SSSR count). The molecule has 1 aliphatic heterocycles. The van der Waals surface area contributed by atoms with E-state index in [4.69, 9.17) is 9.47 Å². The highest BCUT2D eigenvalue weighted by molar-refractivity contribution is 5.93.